The highest BCUT2D eigenvalue weighted by molar-refractivity contribution is 5.82. The van der Waals surface area contributed by atoms with Crippen LogP contribution in [0, 0.1) is 0 Å². The fraction of sp³-hybridized carbons (Fsp3) is 0.650. The Hall–Kier alpha value is -3.11. The third-order valence-electron chi connectivity index (χ3n) is 5.41. The summed E-state index contributed by atoms with van der Waals surface area (Å²) in [4.78, 5) is 45.1. The van der Waals surface area contributed by atoms with Gasteiger partial charge in [-0.2, -0.15) is 0 Å². The lowest BCUT2D eigenvalue weighted by molar-refractivity contribution is -0.131. The number of aliphatic imine (C=N–C) groups is 1. The van der Waals surface area contributed by atoms with Gasteiger partial charge >= 0.3 is 6.09 Å². The average molecular weight is 433 g/mol. The number of anilines is 1. The molecule has 1 aromatic rings. The van der Waals surface area contributed by atoms with E-state index >= 15 is 0 Å². The minimum Gasteiger partial charge on any atom is -0.450 e. The first-order chi connectivity index (χ1) is 15.1. The monoisotopic (exact) mass is 432 g/mol. The van der Waals surface area contributed by atoms with Gasteiger partial charge in [-0.3, -0.25) is 9.79 Å². The van der Waals surface area contributed by atoms with E-state index in [0.29, 0.717) is 64.8 Å². The molecule has 3 heterocycles. The van der Waals surface area contributed by atoms with Crippen LogP contribution in [-0.2, 0) is 9.53 Å². The molecular formula is C20H32N8O3. The molecule has 0 spiro atoms. The van der Waals surface area contributed by atoms with Crippen LogP contribution < -0.4 is 10.2 Å². The number of carbonyl (C=O) groups is 2. The van der Waals surface area contributed by atoms with Crippen molar-refractivity contribution in [2.45, 2.75) is 13.3 Å². The number of nitrogens with zero attached hydrogens (tertiary/aromatic N) is 7. The number of hydrogen-bond acceptors (Lipinski definition) is 7. The van der Waals surface area contributed by atoms with Crippen LogP contribution in [0.15, 0.2) is 23.5 Å². The number of guanidine groups is 1. The standard InChI is InChI=1S/C20H32N8O3/c1-3-31-20(30)28-15-13-26(14-16-28)18(21-2)24-8-5-17(29)25-9-11-27(12-10-25)19-22-6-4-7-23-19/h4,6-7H,3,5,8-16H2,1-2H3,(H,21,24). The summed E-state index contributed by atoms with van der Waals surface area (Å²) in [5.74, 6) is 1.59. The van der Waals surface area contributed by atoms with Crippen molar-refractivity contribution in [3.8, 4) is 0 Å². The summed E-state index contributed by atoms with van der Waals surface area (Å²) in [6, 6.07) is 1.80. The van der Waals surface area contributed by atoms with E-state index in [1.807, 2.05) is 4.90 Å². The number of ether oxygens (including phenoxy) is 1. The van der Waals surface area contributed by atoms with Crippen molar-refractivity contribution >= 4 is 23.9 Å². The van der Waals surface area contributed by atoms with Gasteiger partial charge in [-0.1, -0.05) is 0 Å². The van der Waals surface area contributed by atoms with Gasteiger partial charge in [0.15, 0.2) is 5.96 Å². The number of carbonyl (C=O) groups excluding carboxylic acids is 2. The fourth-order valence-electron chi connectivity index (χ4n) is 3.70. The molecule has 2 aliphatic rings. The Kier molecular flexibility index (Phi) is 8.25. The molecule has 2 fully saturated rings. The number of aromatic nitrogens is 2. The maximum Gasteiger partial charge on any atom is 0.409 e. The highest BCUT2D eigenvalue weighted by Crippen LogP contribution is 2.10. The second kappa shape index (κ2) is 11.3. The molecule has 3 rings (SSSR count). The lowest BCUT2D eigenvalue weighted by Crippen LogP contribution is -2.54. The third kappa shape index (κ3) is 6.19. The average Bonchev–Trinajstić information content (AvgIpc) is 2.83. The Balaban J connectivity index is 1.36. The lowest BCUT2D eigenvalue weighted by Gasteiger charge is -2.36. The molecule has 2 amide bonds. The Morgan fingerprint density at radius 3 is 2.23 bits per heavy atom. The largest absolute Gasteiger partial charge is 0.450 e. The van der Waals surface area contributed by atoms with Crippen LogP contribution in [0.3, 0.4) is 0 Å². The molecule has 170 valence electrons. The van der Waals surface area contributed by atoms with E-state index in [9.17, 15) is 9.59 Å². The number of rotatable bonds is 5. The smallest absolute Gasteiger partial charge is 0.409 e. The van der Waals surface area contributed by atoms with Crippen LogP contribution in [0.1, 0.15) is 13.3 Å². The van der Waals surface area contributed by atoms with Crippen molar-refractivity contribution in [3.05, 3.63) is 18.5 Å². The molecule has 2 aliphatic heterocycles. The topological polar surface area (TPSA) is 106 Å². The molecule has 0 unspecified atom stereocenters. The van der Waals surface area contributed by atoms with Gasteiger partial charge in [0.2, 0.25) is 11.9 Å². The van der Waals surface area contributed by atoms with Gasteiger partial charge in [-0.05, 0) is 13.0 Å². The molecule has 11 nitrogen and oxygen atoms in total. The number of piperazine rings is 2. The van der Waals surface area contributed by atoms with Crippen LogP contribution in [0.25, 0.3) is 0 Å². The molecule has 0 atom stereocenters. The Bertz CT molecular complexity index is 744. The molecule has 2 saturated heterocycles. The first-order valence-electron chi connectivity index (χ1n) is 10.8. The van der Waals surface area contributed by atoms with Crippen LogP contribution in [0.5, 0.6) is 0 Å². The van der Waals surface area contributed by atoms with E-state index in [0.717, 1.165) is 19.0 Å². The maximum atomic E-state index is 12.6. The van der Waals surface area contributed by atoms with Crippen molar-refractivity contribution in [1.29, 1.82) is 0 Å². The van der Waals surface area contributed by atoms with E-state index in [-0.39, 0.29) is 12.0 Å². The third-order valence-corrected chi connectivity index (χ3v) is 5.41. The van der Waals surface area contributed by atoms with Gasteiger partial charge < -0.3 is 29.7 Å². The summed E-state index contributed by atoms with van der Waals surface area (Å²) in [5.41, 5.74) is 0. The summed E-state index contributed by atoms with van der Waals surface area (Å²) in [7, 11) is 1.73. The predicted molar refractivity (Wildman–Crippen MR) is 117 cm³/mol. The van der Waals surface area contributed by atoms with E-state index in [4.69, 9.17) is 4.74 Å². The molecule has 11 heteroatoms. The second-order valence-corrected chi connectivity index (χ2v) is 7.31. The highest BCUT2D eigenvalue weighted by atomic mass is 16.6. The molecule has 0 aromatic carbocycles. The first-order valence-corrected chi connectivity index (χ1v) is 10.8. The summed E-state index contributed by atoms with van der Waals surface area (Å²) in [6.07, 6.45) is 3.60. The number of amides is 2. The van der Waals surface area contributed by atoms with Crippen molar-refractivity contribution in [2.24, 2.45) is 4.99 Å². The van der Waals surface area contributed by atoms with Crippen molar-refractivity contribution in [1.82, 2.24) is 30.0 Å². The zero-order valence-corrected chi connectivity index (χ0v) is 18.4. The molecule has 1 N–H and O–H groups in total. The first kappa shape index (κ1) is 22.6. The molecule has 0 saturated carbocycles. The predicted octanol–water partition coefficient (Wildman–Crippen LogP) is -0.135. The van der Waals surface area contributed by atoms with Crippen molar-refractivity contribution in [2.75, 3.05) is 77.5 Å². The van der Waals surface area contributed by atoms with Crippen LogP contribution in [0.4, 0.5) is 10.7 Å². The summed E-state index contributed by atoms with van der Waals surface area (Å²) >= 11 is 0. The molecular weight excluding hydrogens is 400 g/mol. The van der Waals surface area contributed by atoms with E-state index in [1.165, 1.54) is 0 Å². The Labute approximate surface area is 183 Å². The minimum absolute atomic E-state index is 0.128. The molecule has 0 bridgehead atoms. The van der Waals surface area contributed by atoms with E-state index in [1.54, 1.807) is 37.3 Å². The highest BCUT2D eigenvalue weighted by Gasteiger charge is 2.25. The zero-order valence-electron chi connectivity index (χ0n) is 18.4. The zero-order chi connectivity index (χ0) is 22.1. The number of nitrogens with one attached hydrogen (secondary N) is 1. The van der Waals surface area contributed by atoms with E-state index < -0.39 is 0 Å². The summed E-state index contributed by atoms with van der Waals surface area (Å²) < 4.78 is 5.05. The summed E-state index contributed by atoms with van der Waals surface area (Å²) in [6.45, 7) is 8.04. The normalized spacial score (nSPS) is 17.5. The van der Waals surface area contributed by atoms with Gasteiger partial charge in [-0.25, -0.2) is 14.8 Å². The van der Waals surface area contributed by atoms with Crippen LogP contribution >= 0.6 is 0 Å². The van der Waals surface area contributed by atoms with Crippen molar-refractivity contribution < 1.29 is 14.3 Å². The minimum atomic E-state index is -0.269. The molecule has 31 heavy (non-hydrogen) atoms. The van der Waals surface area contributed by atoms with Crippen LogP contribution in [-0.4, -0.2) is 115 Å². The maximum absolute atomic E-state index is 12.6. The van der Waals surface area contributed by atoms with Crippen LogP contribution in [0.2, 0.25) is 0 Å². The molecule has 0 radical (unpaired) electrons. The quantitative estimate of drug-likeness (QED) is 0.506. The SMILES string of the molecule is CCOC(=O)N1CCN(C(=NC)NCCC(=O)N2CCN(c3ncccn3)CC2)CC1. The molecule has 1 aromatic heterocycles. The molecule has 0 aliphatic carbocycles. The van der Waals surface area contributed by atoms with Gasteiger partial charge in [0.05, 0.1) is 6.61 Å². The van der Waals surface area contributed by atoms with E-state index in [2.05, 4.69) is 30.1 Å². The van der Waals surface area contributed by atoms with Gasteiger partial charge in [0.25, 0.3) is 0 Å². The number of hydrogen-bond donors (Lipinski definition) is 1. The van der Waals surface area contributed by atoms with Gasteiger partial charge in [-0.15, -0.1) is 0 Å². The van der Waals surface area contributed by atoms with Crippen molar-refractivity contribution in [3.63, 3.8) is 0 Å². The fourth-order valence-corrected chi connectivity index (χ4v) is 3.70. The second-order valence-electron chi connectivity index (χ2n) is 7.31. The Morgan fingerprint density at radius 1 is 1.00 bits per heavy atom. The van der Waals surface area contributed by atoms with Gasteiger partial charge in [0.1, 0.15) is 0 Å². The lowest BCUT2D eigenvalue weighted by atomic mass is 10.3. The Morgan fingerprint density at radius 2 is 1.61 bits per heavy atom. The summed E-state index contributed by atoms with van der Waals surface area (Å²) in [5, 5.41) is 3.28. The van der Waals surface area contributed by atoms with Gasteiger partial charge in [0, 0.05) is 84.8 Å².